The van der Waals surface area contributed by atoms with Crippen LogP contribution in [0.25, 0.3) is 0 Å². The summed E-state index contributed by atoms with van der Waals surface area (Å²) in [6.07, 6.45) is 0.586. The van der Waals surface area contributed by atoms with Gasteiger partial charge in [-0.05, 0) is 32.4 Å². The van der Waals surface area contributed by atoms with Gasteiger partial charge in [0.15, 0.2) is 5.78 Å². The number of rotatable bonds is 5. The number of ether oxygens (including phenoxy) is 1. The van der Waals surface area contributed by atoms with Crippen molar-refractivity contribution in [1.82, 2.24) is 0 Å². The van der Waals surface area contributed by atoms with Crippen LogP contribution in [0.1, 0.15) is 36.1 Å². The highest BCUT2D eigenvalue weighted by atomic mass is 32.1. The van der Waals surface area contributed by atoms with E-state index in [0.29, 0.717) is 6.61 Å². The lowest BCUT2D eigenvalue weighted by Gasteiger charge is -2.12. The number of Topliss-reactive ketones (excluding diaryl/α,β-unsaturated/α-hetero) is 1. The van der Waals surface area contributed by atoms with Crippen molar-refractivity contribution < 1.29 is 9.53 Å². The zero-order valence-corrected chi connectivity index (χ0v) is 9.69. The second kappa shape index (κ2) is 5.27. The average molecular weight is 212 g/mol. The molecule has 0 fully saturated rings. The molecule has 0 N–H and O–H groups in total. The Balaban J connectivity index is 2.72. The zero-order chi connectivity index (χ0) is 10.6. The molecule has 3 heteroatoms. The van der Waals surface area contributed by atoms with Crippen LogP contribution in [0.2, 0.25) is 0 Å². The second-order valence-corrected chi connectivity index (χ2v) is 4.63. The van der Waals surface area contributed by atoms with Crippen molar-refractivity contribution in [1.29, 1.82) is 0 Å². The third kappa shape index (κ3) is 2.93. The van der Waals surface area contributed by atoms with Gasteiger partial charge in [0.2, 0.25) is 0 Å². The van der Waals surface area contributed by atoms with Crippen LogP contribution in [-0.2, 0) is 9.53 Å². The summed E-state index contributed by atoms with van der Waals surface area (Å²) in [5, 5.41) is 0. The van der Waals surface area contributed by atoms with Crippen LogP contribution in [0.5, 0.6) is 0 Å². The van der Waals surface area contributed by atoms with Gasteiger partial charge < -0.3 is 4.74 Å². The number of ketones is 1. The zero-order valence-electron chi connectivity index (χ0n) is 8.87. The smallest absolute Gasteiger partial charge is 0.163 e. The molecule has 14 heavy (non-hydrogen) atoms. The van der Waals surface area contributed by atoms with Gasteiger partial charge in [-0.15, -0.1) is 11.3 Å². The predicted molar refractivity (Wildman–Crippen MR) is 58.7 cm³/mol. The first-order valence-corrected chi connectivity index (χ1v) is 5.65. The molecule has 0 aliphatic rings. The first-order valence-electron chi connectivity index (χ1n) is 4.83. The Morgan fingerprint density at radius 3 is 2.71 bits per heavy atom. The minimum Gasteiger partial charge on any atom is -0.365 e. The van der Waals surface area contributed by atoms with Gasteiger partial charge in [-0.3, -0.25) is 4.79 Å². The lowest BCUT2D eigenvalue weighted by molar-refractivity contribution is -0.128. The molecule has 0 aliphatic heterocycles. The Morgan fingerprint density at radius 2 is 2.29 bits per heavy atom. The molecule has 0 amide bonds. The lowest BCUT2D eigenvalue weighted by Crippen LogP contribution is -2.12. The molecule has 1 rings (SSSR count). The molecule has 0 saturated carbocycles. The van der Waals surface area contributed by atoms with Crippen molar-refractivity contribution in [2.45, 2.75) is 33.3 Å². The molecule has 0 radical (unpaired) electrons. The Morgan fingerprint density at radius 1 is 1.57 bits per heavy atom. The number of carbonyl (C=O) groups is 1. The lowest BCUT2D eigenvalue weighted by atomic mass is 10.2. The highest BCUT2D eigenvalue weighted by molar-refractivity contribution is 7.12. The minimum atomic E-state index is -0.353. The van der Waals surface area contributed by atoms with Crippen LogP contribution < -0.4 is 0 Å². The summed E-state index contributed by atoms with van der Waals surface area (Å²) in [5.41, 5.74) is 0. The molecule has 1 aromatic rings. The van der Waals surface area contributed by atoms with E-state index in [2.05, 4.69) is 0 Å². The normalized spacial score (nSPS) is 12.8. The summed E-state index contributed by atoms with van der Waals surface area (Å²) >= 11 is 1.63. The van der Waals surface area contributed by atoms with Gasteiger partial charge in [-0.25, -0.2) is 0 Å². The molecule has 2 nitrogen and oxygen atoms in total. The Hall–Kier alpha value is -0.670. The van der Waals surface area contributed by atoms with E-state index >= 15 is 0 Å². The predicted octanol–water partition coefficient (Wildman–Crippen LogP) is 3.11. The van der Waals surface area contributed by atoms with Crippen molar-refractivity contribution in [3.05, 3.63) is 21.9 Å². The van der Waals surface area contributed by atoms with E-state index in [-0.39, 0.29) is 11.9 Å². The summed E-state index contributed by atoms with van der Waals surface area (Å²) in [6, 6.07) is 3.99. The van der Waals surface area contributed by atoms with Crippen molar-refractivity contribution in [2.24, 2.45) is 0 Å². The molecule has 1 aromatic heterocycles. The van der Waals surface area contributed by atoms with Crippen molar-refractivity contribution in [3.63, 3.8) is 0 Å². The quantitative estimate of drug-likeness (QED) is 0.749. The average Bonchev–Trinajstić information content (AvgIpc) is 2.52. The van der Waals surface area contributed by atoms with E-state index in [1.807, 2.05) is 26.0 Å². The minimum absolute atomic E-state index is 0.0836. The monoisotopic (exact) mass is 212 g/mol. The van der Waals surface area contributed by atoms with Gasteiger partial charge in [0, 0.05) is 16.4 Å². The first-order chi connectivity index (χ1) is 6.65. The maximum Gasteiger partial charge on any atom is 0.163 e. The Bertz CT molecular complexity index is 304. The van der Waals surface area contributed by atoms with Gasteiger partial charge in [0.05, 0.1) is 0 Å². The fourth-order valence-corrected chi connectivity index (χ4v) is 2.21. The fraction of sp³-hybridized carbons (Fsp3) is 0.545. The van der Waals surface area contributed by atoms with Crippen LogP contribution in [0.4, 0.5) is 0 Å². The standard InChI is InChI=1S/C11H16O2S/c1-4-7-13-11(9(3)12)10-6-5-8(2)14-10/h5-6,11H,4,7H2,1-3H3. The second-order valence-electron chi connectivity index (χ2n) is 3.31. The van der Waals surface area contributed by atoms with E-state index < -0.39 is 0 Å². The maximum absolute atomic E-state index is 11.3. The molecular formula is C11H16O2S. The first kappa shape index (κ1) is 11.4. The molecular weight excluding hydrogens is 196 g/mol. The molecule has 0 aromatic carbocycles. The summed E-state index contributed by atoms with van der Waals surface area (Å²) in [4.78, 5) is 13.6. The molecule has 0 spiro atoms. The van der Waals surface area contributed by atoms with Crippen LogP contribution in [0, 0.1) is 6.92 Å². The van der Waals surface area contributed by atoms with Gasteiger partial charge in [0.25, 0.3) is 0 Å². The van der Waals surface area contributed by atoms with Crippen LogP contribution in [-0.4, -0.2) is 12.4 Å². The van der Waals surface area contributed by atoms with Gasteiger partial charge in [-0.2, -0.15) is 0 Å². The number of carbonyl (C=O) groups excluding carboxylic acids is 1. The van der Waals surface area contributed by atoms with Crippen LogP contribution in [0.15, 0.2) is 12.1 Å². The third-order valence-electron chi connectivity index (χ3n) is 1.88. The topological polar surface area (TPSA) is 26.3 Å². The molecule has 1 heterocycles. The third-order valence-corrected chi connectivity index (χ3v) is 2.92. The summed E-state index contributed by atoms with van der Waals surface area (Å²) in [6.45, 7) is 6.29. The van der Waals surface area contributed by atoms with E-state index in [4.69, 9.17) is 4.74 Å². The maximum atomic E-state index is 11.3. The molecule has 1 atom stereocenters. The van der Waals surface area contributed by atoms with Crippen molar-refractivity contribution in [3.8, 4) is 0 Å². The number of hydrogen-bond acceptors (Lipinski definition) is 3. The van der Waals surface area contributed by atoms with E-state index in [0.717, 1.165) is 11.3 Å². The SMILES string of the molecule is CCCOC(C(C)=O)c1ccc(C)s1. The molecule has 0 bridgehead atoms. The molecule has 78 valence electrons. The number of aryl methyl sites for hydroxylation is 1. The van der Waals surface area contributed by atoms with Crippen molar-refractivity contribution in [2.75, 3.05) is 6.61 Å². The highest BCUT2D eigenvalue weighted by Crippen LogP contribution is 2.26. The van der Waals surface area contributed by atoms with Gasteiger partial charge in [0.1, 0.15) is 6.10 Å². The van der Waals surface area contributed by atoms with Gasteiger partial charge >= 0.3 is 0 Å². The Kier molecular flexibility index (Phi) is 4.29. The Labute approximate surface area is 88.9 Å². The largest absolute Gasteiger partial charge is 0.365 e. The van der Waals surface area contributed by atoms with Gasteiger partial charge in [-0.1, -0.05) is 6.92 Å². The molecule has 1 unspecified atom stereocenters. The highest BCUT2D eigenvalue weighted by Gasteiger charge is 2.18. The van der Waals surface area contributed by atoms with Crippen LogP contribution in [0.3, 0.4) is 0 Å². The number of thiophene rings is 1. The molecule has 0 aliphatic carbocycles. The fourth-order valence-electron chi connectivity index (χ4n) is 1.23. The van der Waals surface area contributed by atoms with Crippen LogP contribution >= 0.6 is 11.3 Å². The van der Waals surface area contributed by atoms with E-state index in [9.17, 15) is 4.79 Å². The van der Waals surface area contributed by atoms with E-state index in [1.165, 1.54) is 4.88 Å². The van der Waals surface area contributed by atoms with E-state index in [1.54, 1.807) is 18.3 Å². The summed E-state index contributed by atoms with van der Waals surface area (Å²) < 4.78 is 5.51. The number of hydrogen-bond donors (Lipinski definition) is 0. The summed E-state index contributed by atoms with van der Waals surface area (Å²) in [7, 11) is 0. The summed E-state index contributed by atoms with van der Waals surface area (Å²) in [5.74, 6) is 0.0836. The van der Waals surface area contributed by atoms with Crippen molar-refractivity contribution >= 4 is 17.1 Å². The molecule has 0 saturated heterocycles.